The van der Waals surface area contributed by atoms with Crippen LogP contribution in [0.25, 0.3) is 10.9 Å². The minimum Gasteiger partial charge on any atom is -0.378 e. The molecule has 1 fully saturated rings. The Morgan fingerprint density at radius 3 is 2.92 bits per heavy atom. The van der Waals surface area contributed by atoms with Crippen LogP contribution in [0, 0.1) is 13.8 Å². The van der Waals surface area contributed by atoms with Gasteiger partial charge >= 0.3 is 0 Å². The van der Waals surface area contributed by atoms with E-state index in [9.17, 15) is 9.59 Å². The van der Waals surface area contributed by atoms with Gasteiger partial charge < -0.3 is 15.0 Å². The van der Waals surface area contributed by atoms with Crippen molar-refractivity contribution in [3.63, 3.8) is 0 Å². The van der Waals surface area contributed by atoms with Gasteiger partial charge in [-0.1, -0.05) is 12.1 Å². The molecule has 1 aromatic carbocycles. The van der Waals surface area contributed by atoms with E-state index in [2.05, 4.69) is 16.4 Å². The predicted octanol–water partition coefficient (Wildman–Crippen LogP) is 2.76. The van der Waals surface area contributed by atoms with Gasteiger partial charge in [-0.05, 0) is 62.1 Å². The first-order valence-corrected chi connectivity index (χ1v) is 9.05. The highest BCUT2D eigenvalue weighted by Gasteiger charge is 2.17. The number of aryl methyl sites for hydroxylation is 2. The number of carbonyl (C=O) groups excluding carboxylic acids is 1. The minimum atomic E-state index is -0.0777. The highest BCUT2D eigenvalue weighted by atomic mass is 16.5. The van der Waals surface area contributed by atoms with Gasteiger partial charge in [-0.2, -0.15) is 0 Å². The Bertz CT molecular complexity index is 820. The second-order valence-corrected chi connectivity index (χ2v) is 6.89. The zero-order valence-electron chi connectivity index (χ0n) is 15.0. The molecule has 0 aliphatic carbocycles. The maximum atomic E-state index is 12.3. The van der Waals surface area contributed by atoms with Crippen molar-refractivity contribution < 1.29 is 9.53 Å². The monoisotopic (exact) mass is 342 g/mol. The molecule has 1 atom stereocenters. The summed E-state index contributed by atoms with van der Waals surface area (Å²) in [5.41, 5.74) is 3.78. The first kappa shape index (κ1) is 17.7. The molecule has 0 spiro atoms. The fraction of sp³-hybridized carbons (Fsp3) is 0.500. The number of aromatic amines is 1. The van der Waals surface area contributed by atoms with E-state index in [-0.39, 0.29) is 17.6 Å². The molecule has 2 N–H and O–H groups in total. The van der Waals surface area contributed by atoms with Crippen molar-refractivity contribution >= 4 is 16.8 Å². The minimum absolute atomic E-state index is 0.00409. The number of hydrogen-bond donors (Lipinski definition) is 2. The number of nitrogens with one attached hydrogen (secondary N) is 2. The number of benzene rings is 1. The van der Waals surface area contributed by atoms with Crippen LogP contribution >= 0.6 is 0 Å². The van der Waals surface area contributed by atoms with Crippen LogP contribution in [0.15, 0.2) is 23.0 Å². The van der Waals surface area contributed by atoms with Crippen LogP contribution in [0.3, 0.4) is 0 Å². The molecule has 1 amide bonds. The second kappa shape index (κ2) is 7.83. The van der Waals surface area contributed by atoms with Gasteiger partial charge in [0.1, 0.15) is 0 Å². The lowest BCUT2D eigenvalue weighted by Gasteiger charge is -2.21. The quantitative estimate of drug-likeness (QED) is 0.878. The summed E-state index contributed by atoms with van der Waals surface area (Å²) < 4.78 is 5.59. The summed E-state index contributed by atoms with van der Waals surface area (Å²) in [6.45, 7) is 5.27. The topological polar surface area (TPSA) is 71.2 Å². The van der Waals surface area contributed by atoms with Crippen molar-refractivity contribution in [2.45, 2.75) is 52.1 Å². The molecular formula is C20H26N2O3. The van der Waals surface area contributed by atoms with Crippen molar-refractivity contribution in [2.24, 2.45) is 0 Å². The van der Waals surface area contributed by atoms with E-state index in [0.717, 1.165) is 47.9 Å². The van der Waals surface area contributed by atoms with Gasteiger partial charge in [-0.25, -0.2) is 0 Å². The average molecular weight is 342 g/mol. The smallest absolute Gasteiger partial charge is 0.251 e. The van der Waals surface area contributed by atoms with E-state index in [1.165, 1.54) is 0 Å². The van der Waals surface area contributed by atoms with E-state index in [1.54, 1.807) is 0 Å². The standard InChI is InChI=1S/C20H26N2O3/c1-13-6-7-15-11-16(20(24)22-19(15)14(13)2)8-9-21-18(23)12-17-5-3-4-10-25-17/h6-7,11,17H,3-5,8-10,12H2,1-2H3,(H,21,23)(H,22,24). The van der Waals surface area contributed by atoms with Gasteiger partial charge in [0.25, 0.3) is 5.56 Å². The van der Waals surface area contributed by atoms with E-state index >= 15 is 0 Å². The molecule has 0 bridgehead atoms. The molecule has 1 aromatic heterocycles. The molecule has 1 unspecified atom stereocenters. The van der Waals surface area contributed by atoms with Crippen LogP contribution in [0.2, 0.25) is 0 Å². The molecule has 3 rings (SSSR count). The third-order valence-corrected chi connectivity index (χ3v) is 5.03. The maximum Gasteiger partial charge on any atom is 0.251 e. The molecule has 0 saturated carbocycles. The van der Waals surface area contributed by atoms with Gasteiger partial charge in [-0.15, -0.1) is 0 Å². The first-order valence-electron chi connectivity index (χ1n) is 9.05. The van der Waals surface area contributed by atoms with Crippen molar-refractivity contribution in [3.8, 4) is 0 Å². The lowest BCUT2D eigenvalue weighted by atomic mass is 10.0. The largest absolute Gasteiger partial charge is 0.378 e. The Kier molecular flexibility index (Phi) is 5.53. The Labute approximate surface area is 147 Å². The normalized spacial score (nSPS) is 17.6. The SMILES string of the molecule is Cc1ccc2cc(CCNC(=O)CC3CCCCO3)c(=O)[nH]c2c1C. The van der Waals surface area contributed by atoms with Crippen molar-refractivity contribution in [2.75, 3.05) is 13.2 Å². The maximum absolute atomic E-state index is 12.3. The Morgan fingerprint density at radius 2 is 2.16 bits per heavy atom. The molecule has 2 aromatic rings. The number of hydrogen-bond acceptors (Lipinski definition) is 3. The van der Waals surface area contributed by atoms with Gasteiger partial charge in [0.2, 0.25) is 5.91 Å². The summed E-state index contributed by atoms with van der Waals surface area (Å²) in [6, 6.07) is 6.01. The number of amides is 1. The molecule has 2 heterocycles. The molecule has 1 saturated heterocycles. The lowest BCUT2D eigenvalue weighted by molar-refractivity contribution is -0.124. The van der Waals surface area contributed by atoms with E-state index < -0.39 is 0 Å². The number of fused-ring (bicyclic) bond motifs is 1. The van der Waals surface area contributed by atoms with Crippen LogP contribution < -0.4 is 10.9 Å². The van der Waals surface area contributed by atoms with Crippen LogP contribution in [0.4, 0.5) is 0 Å². The lowest BCUT2D eigenvalue weighted by Crippen LogP contribution is -2.32. The third kappa shape index (κ3) is 4.28. The molecular weight excluding hydrogens is 316 g/mol. The number of aromatic nitrogens is 1. The Morgan fingerprint density at radius 1 is 1.32 bits per heavy atom. The predicted molar refractivity (Wildman–Crippen MR) is 99.0 cm³/mol. The van der Waals surface area contributed by atoms with Gasteiger partial charge in [0, 0.05) is 18.7 Å². The number of ether oxygens (including phenoxy) is 1. The summed E-state index contributed by atoms with van der Waals surface area (Å²) >= 11 is 0. The third-order valence-electron chi connectivity index (χ3n) is 5.03. The fourth-order valence-electron chi connectivity index (χ4n) is 3.34. The highest BCUT2D eigenvalue weighted by molar-refractivity contribution is 5.83. The Hall–Kier alpha value is -2.14. The van der Waals surface area contributed by atoms with Crippen LogP contribution in [0.5, 0.6) is 0 Å². The van der Waals surface area contributed by atoms with E-state index in [4.69, 9.17) is 4.74 Å². The average Bonchev–Trinajstić information content (AvgIpc) is 2.60. The number of rotatable bonds is 5. The summed E-state index contributed by atoms with van der Waals surface area (Å²) in [5, 5.41) is 3.93. The molecule has 25 heavy (non-hydrogen) atoms. The van der Waals surface area contributed by atoms with Crippen LogP contribution in [-0.4, -0.2) is 30.1 Å². The van der Waals surface area contributed by atoms with Crippen molar-refractivity contribution in [3.05, 3.63) is 45.2 Å². The highest BCUT2D eigenvalue weighted by Crippen LogP contribution is 2.19. The summed E-state index contributed by atoms with van der Waals surface area (Å²) in [7, 11) is 0. The fourth-order valence-corrected chi connectivity index (χ4v) is 3.34. The molecule has 134 valence electrons. The van der Waals surface area contributed by atoms with Crippen LogP contribution in [-0.2, 0) is 16.0 Å². The summed E-state index contributed by atoms with van der Waals surface area (Å²) in [5.74, 6) is -0.00409. The van der Waals surface area contributed by atoms with E-state index in [1.807, 2.05) is 26.0 Å². The number of carbonyl (C=O) groups is 1. The zero-order valence-corrected chi connectivity index (χ0v) is 15.0. The first-order chi connectivity index (χ1) is 12.0. The number of pyridine rings is 1. The van der Waals surface area contributed by atoms with Gasteiger partial charge in [-0.3, -0.25) is 9.59 Å². The summed E-state index contributed by atoms with van der Waals surface area (Å²) in [6.07, 6.45) is 4.15. The van der Waals surface area contributed by atoms with E-state index in [0.29, 0.717) is 24.9 Å². The number of H-pyrrole nitrogens is 1. The van der Waals surface area contributed by atoms with Crippen molar-refractivity contribution in [1.82, 2.24) is 10.3 Å². The molecule has 5 heteroatoms. The van der Waals surface area contributed by atoms with Crippen molar-refractivity contribution in [1.29, 1.82) is 0 Å². The summed E-state index contributed by atoms with van der Waals surface area (Å²) in [4.78, 5) is 27.3. The zero-order chi connectivity index (χ0) is 17.8. The molecule has 5 nitrogen and oxygen atoms in total. The van der Waals surface area contributed by atoms with Crippen LogP contribution in [0.1, 0.15) is 42.4 Å². The second-order valence-electron chi connectivity index (χ2n) is 6.89. The Balaban J connectivity index is 1.59. The van der Waals surface area contributed by atoms with Gasteiger partial charge in [0.05, 0.1) is 18.0 Å². The molecule has 0 radical (unpaired) electrons. The molecule has 1 aliphatic rings. The molecule has 1 aliphatic heterocycles. The van der Waals surface area contributed by atoms with Gasteiger partial charge in [0.15, 0.2) is 0 Å².